The summed E-state index contributed by atoms with van der Waals surface area (Å²) in [7, 11) is 0. The van der Waals surface area contributed by atoms with Crippen molar-refractivity contribution in [3.05, 3.63) is 234 Å². The quantitative estimate of drug-likeness (QED) is 0.101. The fraction of sp³-hybridized carbons (Fsp3) is 0.265. The van der Waals surface area contributed by atoms with Crippen molar-refractivity contribution in [1.29, 1.82) is 0 Å². The minimum Gasteiger partial charge on any atom is -0.510 e. The predicted octanol–water partition coefficient (Wildman–Crippen LogP) is 16.6. The fourth-order valence-corrected chi connectivity index (χ4v) is 10.1. The van der Waals surface area contributed by atoms with E-state index in [9.17, 15) is 0 Å². The van der Waals surface area contributed by atoms with E-state index in [-0.39, 0.29) is 37.3 Å². The normalized spacial score (nSPS) is 12.6. The molecule has 10 rings (SSSR count). The zero-order valence-corrected chi connectivity index (χ0v) is 47.5. The molecule has 3 heterocycles. The van der Waals surface area contributed by atoms with Gasteiger partial charge in [0.1, 0.15) is 5.82 Å². The molecule has 6 heteroatoms. The van der Waals surface area contributed by atoms with Gasteiger partial charge in [0.05, 0.1) is 11.4 Å². The molecule has 0 amide bonds. The molecule has 0 fully saturated rings. The van der Waals surface area contributed by atoms with E-state index in [1.807, 2.05) is 6.20 Å². The summed E-state index contributed by atoms with van der Waals surface area (Å²) in [6.45, 7) is 29.6. The monoisotopic (exact) mass is 1150 g/mol. The fourth-order valence-electron chi connectivity index (χ4n) is 10.1. The summed E-state index contributed by atoms with van der Waals surface area (Å²) >= 11 is 0. The van der Waals surface area contributed by atoms with Gasteiger partial charge >= 0.3 is 0 Å². The van der Waals surface area contributed by atoms with Gasteiger partial charge in [-0.25, -0.2) is 4.98 Å². The van der Waals surface area contributed by atoms with Gasteiger partial charge in [0.25, 0.3) is 6.33 Å². The van der Waals surface area contributed by atoms with Gasteiger partial charge in [-0.2, -0.15) is 6.07 Å². The predicted molar refractivity (Wildman–Crippen MR) is 301 cm³/mol. The third kappa shape index (κ3) is 9.96. The van der Waals surface area contributed by atoms with Crippen molar-refractivity contribution >= 4 is 21.8 Å². The molecule has 0 bridgehead atoms. The Balaban J connectivity index is 0.00000672. The van der Waals surface area contributed by atoms with E-state index in [4.69, 9.17) is 9.72 Å². The van der Waals surface area contributed by atoms with Crippen LogP contribution < -0.4 is 9.30 Å². The number of nitrogens with zero attached hydrogens (tertiary/aromatic N) is 4. The van der Waals surface area contributed by atoms with Crippen LogP contribution in [0.1, 0.15) is 129 Å². The van der Waals surface area contributed by atoms with Crippen LogP contribution in [0.5, 0.6) is 11.5 Å². The van der Waals surface area contributed by atoms with E-state index in [0.29, 0.717) is 11.5 Å². The van der Waals surface area contributed by atoms with Crippen molar-refractivity contribution in [2.75, 3.05) is 0 Å². The van der Waals surface area contributed by atoms with Gasteiger partial charge in [0.2, 0.25) is 0 Å². The average Bonchev–Trinajstić information content (AvgIpc) is 3.97. The van der Waals surface area contributed by atoms with Gasteiger partial charge in [0, 0.05) is 50.5 Å². The molecule has 0 aliphatic heterocycles. The Morgan fingerprint density at radius 3 is 1.66 bits per heavy atom. The molecule has 3 aromatic heterocycles. The first-order chi connectivity index (χ1) is 34.6. The Morgan fingerprint density at radius 2 is 1.05 bits per heavy atom. The second-order valence-electron chi connectivity index (χ2n) is 23.9. The Morgan fingerprint density at radius 1 is 0.500 bits per heavy atom. The molecule has 10 aromatic rings. The number of hydrogen-bond acceptors (Lipinski definition) is 2. The number of pyridine rings is 1. The summed E-state index contributed by atoms with van der Waals surface area (Å²) in [5.41, 5.74) is 13.1. The van der Waals surface area contributed by atoms with E-state index in [1.165, 1.54) is 27.8 Å². The summed E-state index contributed by atoms with van der Waals surface area (Å²) < 4.78 is 13.9. The first kappa shape index (κ1) is 52.1. The van der Waals surface area contributed by atoms with Crippen LogP contribution >= 0.6 is 0 Å². The molecule has 0 aliphatic rings. The maximum Gasteiger partial charge on any atom is 0.267 e. The van der Waals surface area contributed by atoms with Crippen molar-refractivity contribution < 1.29 is 30.4 Å². The van der Waals surface area contributed by atoms with Crippen LogP contribution in [-0.2, 0) is 48.1 Å². The molecule has 0 N–H and O–H groups in total. The molecule has 74 heavy (non-hydrogen) atoms. The number of aromatic nitrogens is 4. The van der Waals surface area contributed by atoms with Crippen LogP contribution in [0.15, 0.2) is 176 Å². The van der Waals surface area contributed by atoms with Crippen molar-refractivity contribution in [2.24, 2.45) is 0 Å². The molecule has 0 saturated carbocycles. The van der Waals surface area contributed by atoms with E-state index in [2.05, 4.69) is 292 Å². The molecule has 5 nitrogen and oxygen atoms in total. The standard InChI is InChI=1S/C68H68N4O.Pt/c1-64(2,3)49-33-34-69-62(40-49)72-59-32-24-23-31-57(59)63-58(68(12,13)48-29-21-16-22-30-48)42-56(43-60(63)72)73-55-39-52(67(10,11)47-27-19-15-20-28-47)38-54(41-55)71-45-70(44-61(71)46-25-17-14-18-26-46)53-36-50(65(4,5)6)35-51(37-53)66(7,8)9;/h14-40,42,44H,1-13H3;/q-2;. The smallest absolute Gasteiger partial charge is 0.267 e. The second-order valence-corrected chi connectivity index (χ2v) is 23.9. The minimum absolute atomic E-state index is 0. The van der Waals surface area contributed by atoms with Crippen LogP contribution in [0.4, 0.5) is 0 Å². The molecule has 378 valence electrons. The Kier molecular flexibility index (Phi) is 13.7. The summed E-state index contributed by atoms with van der Waals surface area (Å²) in [5, 5.41) is 2.25. The van der Waals surface area contributed by atoms with Crippen LogP contribution in [0.3, 0.4) is 0 Å². The number of para-hydroxylation sites is 1. The molecular weight excluding hydrogens is 1080 g/mol. The topological polar surface area (TPSA) is 35.9 Å². The summed E-state index contributed by atoms with van der Waals surface area (Å²) in [5.74, 6) is 2.00. The Labute approximate surface area is 454 Å². The van der Waals surface area contributed by atoms with Gasteiger partial charge in [-0.15, -0.1) is 35.4 Å². The molecule has 7 aromatic carbocycles. The summed E-state index contributed by atoms with van der Waals surface area (Å²) in [6, 6.07) is 66.3. The van der Waals surface area contributed by atoms with E-state index in [1.54, 1.807) is 0 Å². The first-order valence-electron chi connectivity index (χ1n) is 25.7. The minimum atomic E-state index is -0.441. The maximum atomic E-state index is 7.32. The Hall–Kier alpha value is -6.81. The molecule has 0 atom stereocenters. The van der Waals surface area contributed by atoms with Gasteiger partial charge in [0.15, 0.2) is 0 Å². The summed E-state index contributed by atoms with van der Waals surface area (Å²) in [4.78, 5) is 5.05. The van der Waals surface area contributed by atoms with Crippen LogP contribution in [-0.4, -0.2) is 14.1 Å². The van der Waals surface area contributed by atoms with Gasteiger partial charge in [-0.05, 0) is 102 Å². The van der Waals surface area contributed by atoms with Gasteiger partial charge in [-0.3, -0.25) is 4.57 Å². The number of hydrogen-bond donors (Lipinski definition) is 0. The number of rotatable bonds is 10. The van der Waals surface area contributed by atoms with Crippen LogP contribution in [0.25, 0.3) is 50.3 Å². The SMILES string of the molecule is CC(C)(C)c1cc(-[n+]2[c-]n(-c3[c-]c(Oc4[c-]c5c(c(C(C)(C)c6ccccc6)c4)c4ccccc4n5-c4cc(C(C)(C)C)ccn4)cc(C(C)(C)c4ccccc4)c3)c(-c3ccccc3)c2)cc(C(C)(C)C)c1.[Pt]. The molecule has 0 saturated heterocycles. The molecule has 0 spiro atoms. The first-order valence-corrected chi connectivity index (χ1v) is 25.7. The Bertz CT molecular complexity index is 3600. The third-order valence-corrected chi connectivity index (χ3v) is 14.9. The summed E-state index contributed by atoms with van der Waals surface area (Å²) in [6.07, 6.45) is 7.97. The van der Waals surface area contributed by atoms with Crippen LogP contribution in [0, 0.1) is 18.5 Å². The van der Waals surface area contributed by atoms with Gasteiger partial charge < -0.3 is 13.9 Å². The molecule has 0 unspecified atom stereocenters. The van der Waals surface area contributed by atoms with Crippen LogP contribution in [0.2, 0.25) is 0 Å². The number of imidazole rings is 1. The molecule has 0 radical (unpaired) electrons. The van der Waals surface area contributed by atoms with Crippen molar-refractivity contribution in [3.63, 3.8) is 0 Å². The number of benzene rings is 7. The van der Waals surface area contributed by atoms with Gasteiger partial charge in [-0.1, -0.05) is 216 Å². The zero-order chi connectivity index (χ0) is 51.7. The van der Waals surface area contributed by atoms with Crippen molar-refractivity contribution in [1.82, 2.24) is 14.1 Å². The van der Waals surface area contributed by atoms with Crippen molar-refractivity contribution in [3.8, 4) is 39.9 Å². The average molecular weight is 1150 g/mol. The van der Waals surface area contributed by atoms with E-state index < -0.39 is 10.8 Å². The van der Waals surface area contributed by atoms with Crippen molar-refractivity contribution in [2.45, 2.75) is 117 Å². The maximum absolute atomic E-state index is 7.32. The molecular formula is C68H68N4OPt-2. The number of ether oxygens (including phenoxy) is 1. The molecule has 0 aliphatic carbocycles. The third-order valence-electron chi connectivity index (χ3n) is 14.9. The van der Waals surface area contributed by atoms with E-state index >= 15 is 0 Å². The second kappa shape index (κ2) is 19.5. The zero-order valence-electron chi connectivity index (χ0n) is 45.3. The largest absolute Gasteiger partial charge is 0.510 e. The van der Waals surface area contributed by atoms with E-state index in [0.717, 1.165) is 61.4 Å². The number of fused-ring (bicyclic) bond motifs is 3.